The molecule has 2 aromatic carbocycles. The number of nitrogens with zero attached hydrogens (tertiary/aromatic N) is 1. The van der Waals surface area contributed by atoms with Crippen LogP contribution in [0.4, 0.5) is 4.39 Å². The van der Waals surface area contributed by atoms with Crippen LogP contribution in [0.5, 0.6) is 5.75 Å². The first-order valence-electron chi connectivity index (χ1n) is 5.85. The molecular formula is C15H9BrFNO3. The van der Waals surface area contributed by atoms with Crippen molar-refractivity contribution >= 4 is 21.9 Å². The Morgan fingerprint density at radius 2 is 2.10 bits per heavy atom. The standard InChI is InChI=1S/C15H9BrFNO3/c16-12-6-10(15(19)20)2-4-14(12)21-8-9-1-3-13(17)11(5-9)7-18/h1-6H,8H2,(H,19,20). The van der Waals surface area contributed by atoms with Gasteiger partial charge in [0.1, 0.15) is 24.2 Å². The molecule has 2 aromatic rings. The molecule has 21 heavy (non-hydrogen) atoms. The van der Waals surface area contributed by atoms with Gasteiger partial charge < -0.3 is 9.84 Å². The van der Waals surface area contributed by atoms with Crippen molar-refractivity contribution in [3.05, 3.63) is 63.4 Å². The van der Waals surface area contributed by atoms with Gasteiger partial charge in [0, 0.05) is 0 Å². The number of nitriles is 1. The summed E-state index contributed by atoms with van der Waals surface area (Å²) in [7, 11) is 0. The Labute approximate surface area is 128 Å². The summed E-state index contributed by atoms with van der Waals surface area (Å²) in [6.45, 7) is 0.139. The highest BCUT2D eigenvalue weighted by Crippen LogP contribution is 2.27. The van der Waals surface area contributed by atoms with Gasteiger partial charge in [0.25, 0.3) is 0 Å². The van der Waals surface area contributed by atoms with Gasteiger partial charge >= 0.3 is 5.97 Å². The average Bonchev–Trinajstić information content (AvgIpc) is 2.47. The fourth-order valence-electron chi connectivity index (χ4n) is 1.66. The Morgan fingerprint density at radius 3 is 2.71 bits per heavy atom. The summed E-state index contributed by atoms with van der Waals surface area (Å²) >= 11 is 3.23. The van der Waals surface area contributed by atoms with Gasteiger partial charge in [-0.1, -0.05) is 6.07 Å². The molecule has 0 unspecified atom stereocenters. The van der Waals surface area contributed by atoms with Crippen LogP contribution in [-0.2, 0) is 6.61 Å². The molecule has 0 heterocycles. The van der Waals surface area contributed by atoms with Gasteiger partial charge in [-0.05, 0) is 51.8 Å². The van der Waals surface area contributed by atoms with Crippen LogP contribution in [0, 0.1) is 17.1 Å². The molecule has 2 rings (SSSR count). The summed E-state index contributed by atoms with van der Waals surface area (Å²) in [5.74, 6) is -1.14. The first kappa shape index (κ1) is 15.0. The zero-order chi connectivity index (χ0) is 15.4. The smallest absolute Gasteiger partial charge is 0.335 e. The van der Waals surface area contributed by atoms with Crippen molar-refractivity contribution in [3.63, 3.8) is 0 Å². The van der Waals surface area contributed by atoms with E-state index in [-0.39, 0.29) is 17.7 Å². The van der Waals surface area contributed by atoms with Gasteiger partial charge in [-0.25, -0.2) is 9.18 Å². The Bertz CT molecular complexity index is 740. The van der Waals surface area contributed by atoms with E-state index in [0.717, 1.165) is 0 Å². The minimum atomic E-state index is -1.03. The molecule has 0 saturated carbocycles. The van der Waals surface area contributed by atoms with Crippen LogP contribution in [0.15, 0.2) is 40.9 Å². The number of rotatable bonds is 4. The van der Waals surface area contributed by atoms with Crippen LogP contribution < -0.4 is 4.74 Å². The molecule has 0 aliphatic rings. The van der Waals surface area contributed by atoms with Crippen LogP contribution in [0.25, 0.3) is 0 Å². The maximum Gasteiger partial charge on any atom is 0.335 e. The quantitative estimate of drug-likeness (QED) is 0.912. The van der Waals surface area contributed by atoms with Crippen molar-refractivity contribution in [3.8, 4) is 11.8 Å². The zero-order valence-electron chi connectivity index (χ0n) is 10.6. The van der Waals surface area contributed by atoms with Crippen molar-refractivity contribution in [2.75, 3.05) is 0 Å². The Morgan fingerprint density at radius 1 is 1.33 bits per heavy atom. The molecule has 6 heteroatoms. The Hall–Kier alpha value is -2.39. The molecule has 4 nitrogen and oxygen atoms in total. The molecule has 0 bridgehead atoms. The van der Waals surface area contributed by atoms with E-state index in [1.54, 1.807) is 6.07 Å². The molecule has 1 N–H and O–H groups in total. The van der Waals surface area contributed by atoms with E-state index in [1.807, 2.05) is 0 Å². The normalized spacial score (nSPS) is 9.95. The van der Waals surface area contributed by atoms with Crippen molar-refractivity contribution in [1.29, 1.82) is 5.26 Å². The van der Waals surface area contributed by atoms with Gasteiger partial charge in [-0.3, -0.25) is 0 Å². The Kier molecular flexibility index (Phi) is 4.55. The summed E-state index contributed by atoms with van der Waals surface area (Å²) < 4.78 is 19.2. The first-order valence-corrected chi connectivity index (χ1v) is 6.64. The number of carboxylic acids is 1. The van der Waals surface area contributed by atoms with Crippen LogP contribution in [0.1, 0.15) is 21.5 Å². The second-order valence-electron chi connectivity index (χ2n) is 4.17. The number of carboxylic acid groups (broad SMARTS) is 1. The van der Waals surface area contributed by atoms with E-state index in [0.29, 0.717) is 15.8 Å². The summed E-state index contributed by atoms with van der Waals surface area (Å²) in [6.07, 6.45) is 0. The van der Waals surface area contributed by atoms with Crippen LogP contribution in [0.2, 0.25) is 0 Å². The monoisotopic (exact) mass is 349 g/mol. The number of hydrogen-bond acceptors (Lipinski definition) is 3. The van der Waals surface area contributed by atoms with Crippen LogP contribution in [0.3, 0.4) is 0 Å². The topological polar surface area (TPSA) is 70.3 Å². The van der Waals surface area contributed by atoms with E-state index < -0.39 is 11.8 Å². The van der Waals surface area contributed by atoms with Crippen LogP contribution in [-0.4, -0.2) is 11.1 Å². The van der Waals surface area contributed by atoms with Gasteiger partial charge in [0.15, 0.2) is 0 Å². The van der Waals surface area contributed by atoms with Crippen molar-refractivity contribution in [1.82, 2.24) is 0 Å². The third-order valence-corrected chi connectivity index (χ3v) is 3.34. The molecule has 0 aliphatic heterocycles. The molecule has 106 valence electrons. The molecular weight excluding hydrogens is 341 g/mol. The number of halogens is 2. The predicted molar refractivity (Wildman–Crippen MR) is 76.5 cm³/mol. The SMILES string of the molecule is N#Cc1cc(COc2ccc(C(=O)O)cc2Br)ccc1F. The number of benzene rings is 2. The average molecular weight is 350 g/mol. The molecule has 0 atom stereocenters. The Balaban J connectivity index is 2.13. The maximum atomic E-state index is 13.2. The van der Waals surface area contributed by atoms with E-state index in [2.05, 4.69) is 15.9 Å². The largest absolute Gasteiger partial charge is 0.488 e. The molecule has 0 aromatic heterocycles. The molecule has 0 saturated heterocycles. The molecule has 0 aliphatic carbocycles. The second-order valence-corrected chi connectivity index (χ2v) is 5.02. The molecule has 0 fully saturated rings. The lowest BCUT2D eigenvalue weighted by atomic mass is 10.1. The van der Waals surface area contributed by atoms with Gasteiger partial charge in [0.05, 0.1) is 15.6 Å². The summed E-state index contributed by atoms with van der Waals surface area (Å²) in [5, 5.41) is 17.6. The third-order valence-electron chi connectivity index (χ3n) is 2.72. The molecule has 0 amide bonds. The highest BCUT2D eigenvalue weighted by molar-refractivity contribution is 9.10. The highest BCUT2D eigenvalue weighted by Gasteiger charge is 2.08. The maximum absolute atomic E-state index is 13.2. The van der Waals surface area contributed by atoms with Crippen molar-refractivity contribution in [2.45, 2.75) is 6.61 Å². The fourth-order valence-corrected chi connectivity index (χ4v) is 2.15. The number of aromatic carboxylic acids is 1. The molecule has 0 radical (unpaired) electrons. The van der Waals surface area contributed by atoms with E-state index in [1.165, 1.54) is 36.4 Å². The lowest BCUT2D eigenvalue weighted by Gasteiger charge is -2.09. The number of ether oxygens (including phenoxy) is 1. The lowest BCUT2D eigenvalue weighted by molar-refractivity contribution is 0.0696. The predicted octanol–water partition coefficient (Wildman–Crippen LogP) is 3.74. The fraction of sp³-hybridized carbons (Fsp3) is 0.0667. The van der Waals surface area contributed by atoms with Crippen molar-refractivity contribution in [2.24, 2.45) is 0 Å². The summed E-state index contributed by atoms with van der Waals surface area (Å²) in [4.78, 5) is 10.8. The van der Waals surface area contributed by atoms with Crippen LogP contribution >= 0.6 is 15.9 Å². The number of hydrogen-bond donors (Lipinski definition) is 1. The number of carbonyl (C=O) groups is 1. The van der Waals surface area contributed by atoms with E-state index >= 15 is 0 Å². The summed E-state index contributed by atoms with van der Waals surface area (Å²) in [6, 6.07) is 10.3. The second kappa shape index (κ2) is 6.37. The third kappa shape index (κ3) is 3.58. The minimum absolute atomic E-state index is 0.0450. The summed E-state index contributed by atoms with van der Waals surface area (Å²) in [5.41, 5.74) is 0.737. The highest BCUT2D eigenvalue weighted by atomic mass is 79.9. The minimum Gasteiger partial charge on any atom is -0.488 e. The van der Waals surface area contributed by atoms with Crippen molar-refractivity contribution < 1.29 is 19.0 Å². The van der Waals surface area contributed by atoms with Gasteiger partial charge in [0.2, 0.25) is 0 Å². The first-order chi connectivity index (χ1) is 10.0. The lowest BCUT2D eigenvalue weighted by Crippen LogP contribution is -2.00. The van der Waals surface area contributed by atoms with E-state index in [4.69, 9.17) is 15.1 Å². The molecule has 0 spiro atoms. The van der Waals surface area contributed by atoms with Gasteiger partial charge in [-0.2, -0.15) is 5.26 Å². The van der Waals surface area contributed by atoms with E-state index in [9.17, 15) is 9.18 Å². The zero-order valence-corrected chi connectivity index (χ0v) is 12.2. The van der Waals surface area contributed by atoms with Gasteiger partial charge in [-0.15, -0.1) is 0 Å².